The Balaban J connectivity index is 1.32. The Bertz CT molecular complexity index is 1230. The quantitative estimate of drug-likeness (QED) is 0.441. The summed E-state index contributed by atoms with van der Waals surface area (Å²) in [6.45, 7) is 0. The molecule has 3 aromatic heterocycles. The third-order valence-corrected chi connectivity index (χ3v) is 4.53. The van der Waals surface area contributed by atoms with E-state index in [1.54, 1.807) is 42.5 Å². The van der Waals surface area contributed by atoms with Crippen LogP contribution in [0.1, 0.15) is 21.1 Å². The minimum Gasteiger partial charge on any atom is -0.451 e. The van der Waals surface area contributed by atoms with Gasteiger partial charge in [0.2, 0.25) is 0 Å². The highest BCUT2D eigenvalue weighted by Gasteiger charge is 2.15. The molecule has 2 amide bonds. The number of pyridine rings is 1. The number of nitrogens with one attached hydrogen (secondary N) is 2. The van der Waals surface area contributed by atoms with E-state index in [2.05, 4.69) is 15.6 Å². The van der Waals surface area contributed by atoms with Crippen LogP contribution in [-0.2, 0) is 0 Å². The molecule has 5 rings (SSSR count). The summed E-state index contributed by atoms with van der Waals surface area (Å²) >= 11 is 0. The summed E-state index contributed by atoms with van der Waals surface area (Å²) in [5, 5.41) is 7.02. The molecule has 0 unspecified atom stereocenters. The van der Waals surface area contributed by atoms with Gasteiger partial charge in [0.05, 0.1) is 0 Å². The number of anilines is 2. The maximum absolute atomic E-state index is 12.5. The molecule has 2 aromatic carbocycles. The van der Waals surface area contributed by atoms with E-state index >= 15 is 0 Å². The summed E-state index contributed by atoms with van der Waals surface area (Å²) < 4.78 is 11.1. The summed E-state index contributed by atoms with van der Waals surface area (Å²) in [5.41, 5.74) is 1.25. The number of hydrogen-bond donors (Lipinski definition) is 2. The number of hydrogen-bond acceptors (Lipinski definition) is 5. The number of carbonyl (C=O) groups excluding carboxylic acids is 2. The molecule has 7 heteroatoms. The molecule has 3 heterocycles. The fourth-order valence-corrected chi connectivity index (χ4v) is 3.12. The number of nitrogens with zero attached hydrogens (tertiary/aromatic N) is 1. The highest BCUT2D eigenvalue weighted by atomic mass is 16.4. The molecule has 0 bridgehead atoms. The van der Waals surface area contributed by atoms with Crippen molar-refractivity contribution < 1.29 is 18.4 Å². The molecule has 0 aliphatic rings. The van der Waals surface area contributed by atoms with Crippen LogP contribution in [0.25, 0.3) is 21.9 Å². The Morgan fingerprint density at radius 1 is 0.633 bits per heavy atom. The van der Waals surface area contributed by atoms with E-state index in [-0.39, 0.29) is 23.2 Å². The molecular formula is C23H15N3O4. The lowest BCUT2D eigenvalue weighted by molar-refractivity contribution is 0.0992. The lowest BCUT2D eigenvalue weighted by atomic mass is 10.2. The molecule has 0 aliphatic carbocycles. The van der Waals surface area contributed by atoms with Crippen molar-refractivity contribution >= 4 is 45.4 Å². The second-order valence-electron chi connectivity index (χ2n) is 6.61. The molecular weight excluding hydrogens is 382 g/mol. The van der Waals surface area contributed by atoms with E-state index in [1.807, 2.05) is 36.4 Å². The first kappa shape index (κ1) is 17.7. The average Bonchev–Trinajstić information content (AvgIpc) is 3.38. The van der Waals surface area contributed by atoms with Crippen LogP contribution >= 0.6 is 0 Å². The van der Waals surface area contributed by atoms with Crippen molar-refractivity contribution in [3.05, 3.63) is 90.4 Å². The van der Waals surface area contributed by atoms with Crippen LogP contribution in [0.4, 0.5) is 11.6 Å². The predicted octanol–water partition coefficient (Wildman–Crippen LogP) is 5.08. The fourth-order valence-electron chi connectivity index (χ4n) is 3.12. The smallest absolute Gasteiger partial charge is 0.292 e. The van der Waals surface area contributed by atoms with Crippen LogP contribution in [0.3, 0.4) is 0 Å². The van der Waals surface area contributed by atoms with Gasteiger partial charge in [-0.15, -0.1) is 0 Å². The molecule has 7 nitrogen and oxygen atoms in total. The third-order valence-electron chi connectivity index (χ3n) is 4.53. The molecule has 146 valence electrons. The Labute approximate surface area is 170 Å². The third kappa shape index (κ3) is 3.40. The van der Waals surface area contributed by atoms with Crippen molar-refractivity contribution in [2.24, 2.45) is 0 Å². The first-order chi connectivity index (χ1) is 14.7. The van der Waals surface area contributed by atoms with E-state index < -0.39 is 11.8 Å². The van der Waals surface area contributed by atoms with Gasteiger partial charge in [-0.05, 0) is 36.4 Å². The average molecular weight is 397 g/mol. The molecule has 0 radical (unpaired) electrons. The van der Waals surface area contributed by atoms with Crippen molar-refractivity contribution in [3.63, 3.8) is 0 Å². The maximum Gasteiger partial charge on any atom is 0.292 e. The first-order valence-corrected chi connectivity index (χ1v) is 9.23. The Hall–Kier alpha value is -4.39. The minimum absolute atomic E-state index is 0.176. The van der Waals surface area contributed by atoms with Gasteiger partial charge < -0.3 is 19.5 Å². The predicted molar refractivity (Wildman–Crippen MR) is 113 cm³/mol. The number of para-hydroxylation sites is 2. The molecule has 0 fully saturated rings. The maximum atomic E-state index is 12.5. The first-order valence-electron chi connectivity index (χ1n) is 9.23. The summed E-state index contributed by atoms with van der Waals surface area (Å²) in [6.07, 6.45) is 0. The second kappa shape index (κ2) is 7.21. The van der Waals surface area contributed by atoms with Crippen molar-refractivity contribution in [1.29, 1.82) is 0 Å². The van der Waals surface area contributed by atoms with Crippen LogP contribution < -0.4 is 10.6 Å². The normalized spacial score (nSPS) is 10.9. The standard InChI is InChI=1S/C23H15N3O4/c27-22(18-12-14-6-1-3-8-16(14)29-18)25-20-10-5-11-21(24-20)26-23(28)19-13-15-7-2-4-9-17(15)30-19/h1-13H,(H2,24,25,26,27,28). The topological polar surface area (TPSA) is 97.4 Å². The number of benzene rings is 2. The second-order valence-corrected chi connectivity index (χ2v) is 6.61. The number of fused-ring (bicyclic) bond motifs is 2. The largest absolute Gasteiger partial charge is 0.451 e. The zero-order valence-electron chi connectivity index (χ0n) is 15.6. The fraction of sp³-hybridized carbons (Fsp3) is 0. The summed E-state index contributed by atoms with van der Waals surface area (Å²) in [4.78, 5) is 29.2. The van der Waals surface area contributed by atoms with Crippen molar-refractivity contribution in [3.8, 4) is 0 Å². The zero-order chi connectivity index (χ0) is 20.5. The van der Waals surface area contributed by atoms with Crippen LogP contribution in [0.5, 0.6) is 0 Å². The van der Waals surface area contributed by atoms with Crippen LogP contribution in [0, 0.1) is 0 Å². The molecule has 0 aliphatic heterocycles. The summed E-state index contributed by atoms with van der Waals surface area (Å²) in [6, 6.07) is 23.0. The van der Waals surface area contributed by atoms with Gasteiger partial charge in [-0.3, -0.25) is 9.59 Å². The van der Waals surface area contributed by atoms with Gasteiger partial charge in [-0.2, -0.15) is 0 Å². The Kier molecular flexibility index (Phi) is 4.25. The van der Waals surface area contributed by atoms with Gasteiger partial charge in [0, 0.05) is 10.8 Å². The van der Waals surface area contributed by atoms with E-state index in [0.717, 1.165) is 10.8 Å². The number of amides is 2. The van der Waals surface area contributed by atoms with Gasteiger partial charge in [-0.25, -0.2) is 4.98 Å². The number of furan rings is 2. The Morgan fingerprint density at radius 2 is 1.10 bits per heavy atom. The molecule has 0 spiro atoms. The van der Waals surface area contributed by atoms with E-state index in [4.69, 9.17) is 8.83 Å². The van der Waals surface area contributed by atoms with E-state index in [9.17, 15) is 9.59 Å². The molecule has 0 saturated heterocycles. The van der Waals surface area contributed by atoms with Gasteiger partial charge in [-0.1, -0.05) is 42.5 Å². The molecule has 30 heavy (non-hydrogen) atoms. The minimum atomic E-state index is -0.431. The van der Waals surface area contributed by atoms with E-state index in [0.29, 0.717) is 11.2 Å². The van der Waals surface area contributed by atoms with Crippen LogP contribution in [0.2, 0.25) is 0 Å². The lowest BCUT2D eigenvalue weighted by Crippen LogP contribution is -2.15. The SMILES string of the molecule is O=C(Nc1cccc(NC(=O)c2cc3ccccc3o2)n1)c1cc2ccccc2o1. The molecule has 0 atom stereocenters. The van der Waals surface area contributed by atoms with E-state index in [1.165, 1.54) is 0 Å². The molecule has 5 aromatic rings. The van der Waals surface area contributed by atoms with Gasteiger partial charge in [0.1, 0.15) is 22.8 Å². The molecule has 0 saturated carbocycles. The highest BCUT2D eigenvalue weighted by Crippen LogP contribution is 2.21. The number of aromatic nitrogens is 1. The number of carbonyl (C=O) groups is 2. The number of rotatable bonds is 4. The van der Waals surface area contributed by atoms with Crippen molar-refractivity contribution in [2.45, 2.75) is 0 Å². The van der Waals surface area contributed by atoms with Crippen LogP contribution in [0.15, 0.2) is 87.7 Å². The summed E-state index contributed by atoms with van der Waals surface area (Å²) in [7, 11) is 0. The summed E-state index contributed by atoms with van der Waals surface area (Å²) in [5.74, 6) is 0.0501. The van der Waals surface area contributed by atoms with Gasteiger partial charge >= 0.3 is 0 Å². The van der Waals surface area contributed by atoms with Crippen molar-refractivity contribution in [1.82, 2.24) is 4.98 Å². The Morgan fingerprint density at radius 3 is 1.57 bits per heavy atom. The highest BCUT2D eigenvalue weighted by molar-refractivity contribution is 6.05. The van der Waals surface area contributed by atoms with Crippen molar-refractivity contribution in [2.75, 3.05) is 10.6 Å². The lowest BCUT2D eigenvalue weighted by Gasteiger charge is -2.06. The van der Waals surface area contributed by atoms with Gasteiger partial charge in [0.15, 0.2) is 11.5 Å². The van der Waals surface area contributed by atoms with Gasteiger partial charge in [0.25, 0.3) is 11.8 Å². The zero-order valence-corrected chi connectivity index (χ0v) is 15.6. The monoisotopic (exact) mass is 397 g/mol. The van der Waals surface area contributed by atoms with Crippen LogP contribution in [-0.4, -0.2) is 16.8 Å². The molecule has 2 N–H and O–H groups in total.